The lowest BCUT2D eigenvalue weighted by Gasteiger charge is -2.37. The summed E-state index contributed by atoms with van der Waals surface area (Å²) in [4.78, 5) is 25.7. The van der Waals surface area contributed by atoms with E-state index in [1.807, 2.05) is 81.4 Å². The van der Waals surface area contributed by atoms with E-state index in [-0.39, 0.29) is 12.5 Å². The van der Waals surface area contributed by atoms with Gasteiger partial charge in [0.2, 0.25) is 0 Å². The summed E-state index contributed by atoms with van der Waals surface area (Å²) in [7, 11) is 0. The molecule has 2 aliphatic heterocycles. The Bertz CT molecular complexity index is 2050. The van der Waals surface area contributed by atoms with Gasteiger partial charge < -0.3 is 18.9 Å². The third-order valence-electron chi connectivity index (χ3n) is 9.02. The van der Waals surface area contributed by atoms with Gasteiger partial charge in [0, 0.05) is 40.6 Å². The highest BCUT2D eigenvalue weighted by molar-refractivity contribution is 5.87. The molecule has 3 aliphatic rings. The van der Waals surface area contributed by atoms with Gasteiger partial charge in [0.25, 0.3) is 0 Å². The SMILES string of the molecule is CC(C)(C)OC(=O)Nc1ccc2c(c1)Oc1cc(NC(=O)OCC3c4ccccc4-c4ccccc43)ccc1C21OCc2ccccc21. The van der Waals surface area contributed by atoms with Crippen molar-refractivity contribution in [1.82, 2.24) is 0 Å². The fourth-order valence-corrected chi connectivity index (χ4v) is 7.09. The molecule has 1 unspecified atom stereocenters. The van der Waals surface area contributed by atoms with Gasteiger partial charge in [-0.05, 0) is 78.4 Å². The number of amides is 2. The third kappa shape index (κ3) is 5.05. The molecule has 0 saturated carbocycles. The van der Waals surface area contributed by atoms with Crippen LogP contribution in [0.3, 0.4) is 0 Å². The average molecular weight is 639 g/mol. The van der Waals surface area contributed by atoms with Gasteiger partial charge in [0.1, 0.15) is 23.7 Å². The maximum Gasteiger partial charge on any atom is 0.412 e. The van der Waals surface area contributed by atoms with Crippen molar-refractivity contribution in [2.45, 2.75) is 44.5 Å². The lowest BCUT2D eigenvalue weighted by molar-refractivity contribution is 0.0200. The molecule has 8 nitrogen and oxygen atoms in total. The molecule has 5 aromatic rings. The van der Waals surface area contributed by atoms with E-state index in [1.165, 1.54) is 11.1 Å². The van der Waals surface area contributed by atoms with Crippen LogP contribution in [-0.2, 0) is 26.4 Å². The van der Waals surface area contributed by atoms with Crippen molar-refractivity contribution >= 4 is 23.6 Å². The molecule has 0 radical (unpaired) electrons. The molecule has 0 bridgehead atoms. The van der Waals surface area contributed by atoms with Gasteiger partial charge >= 0.3 is 12.2 Å². The van der Waals surface area contributed by atoms with Crippen molar-refractivity contribution in [3.63, 3.8) is 0 Å². The molecular formula is C40H34N2O6. The highest BCUT2D eigenvalue weighted by Crippen LogP contribution is 2.57. The van der Waals surface area contributed by atoms with E-state index in [0.717, 1.165) is 33.4 Å². The second kappa shape index (κ2) is 11.3. The van der Waals surface area contributed by atoms with Crippen molar-refractivity contribution in [1.29, 1.82) is 0 Å². The molecule has 0 fully saturated rings. The van der Waals surface area contributed by atoms with Crippen LogP contribution in [0.5, 0.6) is 11.5 Å². The molecule has 0 saturated heterocycles. The smallest absolute Gasteiger partial charge is 0.412 e. The van der Waals surface area contributed by atoms with Gasteiger partial charge in [-0.15, -0.1) is 0 Å². The zero-order valence-corrected chi connectivity index (χ0v) is 26.8. The Labute approximate surface area is 278 Å². The Balaban J connectivity index is 1.07. The van der Waals surface area contributed by atoms with Crippen LogP contribution >= 0.6 is 0 Å². The molecule has 5 aromatic carbocycles. The Morgan fingerprint density at radius 2 is 1.29 bits per heavy atom. The van der Waals surface area contributed by atoms with Crippen LogP contribution in [0.2, 0.25) is 0 Å². The first kappa shape index (κ1) is 29.8. The molecule has 1 spiro atoms. The second-order valence-electron chi connectivity index (χ2n) is 13.2. The first-order chi connectivity index (χ1) is 23.2. The molecule has 48 heavy (non-hydrogen) atoms. The molecule has 0 aromatic heterocycles. The quantitative estimate of drug-likeness (QED) is 0.204. The van der Waals surface area contributed by atoms with Gasteiger partial charge in [0.15, 0.2) is 5.60 Å². The first-order valence-corrected chi connectivity index (χ1v) is 16.0. The van der Waals surface area contributed by atoms with Gasteiger partial charge in [-0.25, -0.2) is 9.59 Å². The van der Waals surface area contributed by atoms with Crippen molar-refractivity contribution < 1.29 is 28.5 Å². The standard InChI is InChI=1S/C40H34N2O6/c1-39(2,3)48-38(44)42-26-17-19-34-36(21-26)47-35-20-25(16-18-33(35)40(34)32-15-9-4-10-24(32)22-46-40)41-37(43)45-23-31-29-13-7-5-11-27(29)28-12-6-8-14-30(28)31/h4-21,31H,22-23H2,1-3H3,(H,41,43)(H,42,44). The van der Waals surface area contributed by atoms with Crippen LogP contribution in [0.1, 0.15) is 60.1 Å². The summed E-state index contributed by atoms with van der Waals surface area (Å²) in [6.45, 7) is 6.06. The third-order valence-corrected chi connectivity index (χ3v) is 9.02. The predicted octanol–water partition coefficient (Wildman–Crippen LogP) is 9.32. The van der Waals surface area contributed by atoms with Gasteiger partial charge in [0.05, 0.1) is 6.61 Å². The molecule has 8 heteroatoms. The number of hydrogen-bond acceptors (Lipinski definition) is 6. The number of benzene rings is 5. The number of nitrogens with one attached hydrogen (secondary N) is 2. The molecule has 2 heterocycles. The van der Waals surface area contributed by atoms with Crippen LogP contribution in [0.25, 0.3) is 11.1 Å². The highest BCUT2D eigenvalue weighted by Gasteiger charge is 2.49. The number of fused-ring (bicyclic) bond motifs is 9. The van der Waals surface area contributed by atoms with E-state index in [2.05, 4.69) is 47.0 Å². The van der Waals surface area contributed by atoms with E-state index in [1.54, 1.807) is 12.1 Å². The minimum Gasteiger partial charge on any atom is -0.456 e. The van der Waals surface area contributed by atoms with Crippen molar-refractivity contribution in [3.05, 3.63) is 143 Å². The fourth-order valence-electron chi connectivity index (χ4n) is 7.09. The summed E-state index contributed by atoms with van der Waals surface area (Å²) in [5.74, 6) is 0.991. The Kier molecular flexibility index (Phi) is 7.00. The minimum absolute atomic E-state index is 0.0468. The zero-order chi connectivity index (χ0) is 33.0. The van der Waals surface area contributed by atoms with E-state index in [4.69, 9.17) is 18.9 Å². The maximum absolute atomic E-state index is 13.2. The summed E-state index contributed by atoms with van der Waals surface area (Å²) in [5.41, 5.74) is 7.80. The fraction of sp³-hybridized carbons (Fsp3) is 0.200. The molecule has 1 atom stereocenters. The van der Waals surface area contributed by atoms with E-state index < -0.39 is 23.4 Å². The van der Waals surface area contributed by atoms with Crippen LogP contribution in [-0.4, -0.2) is 24.4 Å². The highest BCUT2D eigenvalue weighted by atomic mass is 16.6. The Hall–Kier alpha value is -5.60. The summed E-state index contributed by atoms with van der Waals surface area (Å²) in [6.07, 6.45) is -1.13. The number of anilines is 2. The lowest BCUT2D eigenvalue weighted by atomic mass is 9.77. The summed E-state index contributed by atoms with van der Waals surface area (Å²) in [5, 5.41) is 5.69. The summed E-state index contributed by atoms with van der Waals surface area (Å²) >= 11 is 0. The van der Waals surface area contributed by atoms with Crippen molar-refractivity contribution in [3.8, 4) is 22.6 Å². The molecule has 240 valence electrons. The molecule has 2 N–H and O–H groups in total. The zero-order valence-electron chi connectivity index (χ0n) is 26.8. The van der Waals surface area contributed by atoms with Gasteiger partial charge in [-0.2, -0.15) is 0 Å². The topological polar surface area (TPSA) is 95.1 Å². The van der Waals surface area contributed by atoms with E-state index in [9.17, 15) is 9.59 Å². The number of carbonyl (C=O) groups is 2. The van der Waals surface area contributed by atoms with Crippen LogP contribution < -0.4 is 15.4 Å². The van der Waals surface area contributed by atoms with Crippen LogP contribution in [0.15, 0.2) is 109 Å². The number of ether oxygens (including phenoxy) is 4. The maximum atomic E-state index is 13.2. The van der Waals surface area contributed by atoms with Crippen LogP contribution in [0.4, 0.5) is 21.0 Å². The van der Waals surface area contributed by atoms with Gasteiger partial charge in [-0.3, -0.25) is 10.6 Å². The normalized spacial score (nSPS) is 16.9. The summed E-state index contributed by atoms with van der Waals surface area (Å²) < 4.78 is 24.4. The Morgan fingerprint density at radius 1 is 0.729 bits per heavy atom. The number of carbonyl (C=O) groups excluding carboxylic acids is 2. The van der Waals surface area contributed by atoms with Gasteiger partial charge in [-0.1, -0.05) is 72.8 Å². The van der Waals surface area contributed by atoms with Crippen LogP contribution in [0, 0.1) is 0 Å². The van der Waals surface area contributed by atoms with Crippen molar-refractivity contribution in [2.24, 2.45) is 0 Å². The predicted molar refractivity (Wildman–Crippen MR) is 183 cm³/mol. The monoisotopic (exact) mass is 638 g/mol. The second-order valence-corrected chi connectivity index (χ2v) is 13.2. The molecular weight excluding hydrogens is 604 g/mol. The Morgan fingerprint density at radius 3 is 1.92 bits per heavy atom. The van der Waals surface area contributed by atoms with Crippen molar-refractivity contribution in [2.75, 3.05) is 17.2 Å². The van der Waals surface area contributed by atoms with E-state index in [0.29, 0.717) is 29.5 Å². The lowest BCUT2D eigenvalue weighted by Crippen LogP contribution is -2.32. The first-order valence-electron chi connectivity index (χ1n) is 16.0. The number of rotatable bonds is 4. The largest absolute Gasteiger partial charge is 0.456 e. The molecule has 8 rings (SSSR count). The number of hydrogen-bond donors (Lipinski definition) is 2. The average Bonchev–Trinajstić information content (AvgIpc) is 3.59. The minimum atomic E-state index is -0.938. The van der Waals surface area contributed by atoms with E-state index >= 15 is 0 Å². The summed E-state index contributed by atoms with van der Waals surface area (Å²) in [6, 6.07) is 35.6. The molecule has 2 amide bonds. The molecule has 1 aliphatic carbocycles.